The molecule has 0 spiro atoms. The predicted molar refractivity (Wildman–Crippen MR) is 49.7 cm³/mol. The first-order valence-corrected chi connectivity index (χ1v) is 4.32. The highest BCUT2D eigenvalue weighted by Crippen LogP contribution is 2.23. The monoisotopic (exact) mass is 210 g/mol. The number of nitrogens with two attached hydrogens (primary N) is 1. The minimum Gasteiger partial charge on any atom is -0.359 e. The van der Waals surface area contributed by atoms with Gasteiger partial charge in [-0.25, -0.2) is 8.78 Å². The van der Waals surface area contributed by atoms with Crippen LogP contribution in [0.15, 0.2) is 28.8 Å². The molecule has 1 aromatic heterocycles. The van der Waals surface area contributed by atoms with E-state index in [2.05, 4.69) is 5.16 Å². The minimum atomic E-state index is -0.548. The number of rotatable bonds is 2. The molecule has 0 radical (unpaired) electrons. The quantitative estimate of drug-likeness (QED) is 0.825. The summed E-state index contributed by atoms with van der Waals surface area (Å²) in [4.78, 5) is 0. The van der Waals surface area contributed by atoms with Crippen LogP contribution in [0.5, 0.6) is 0 Å². The van der Waals surface area contributed by atoms with Crippen molar-refractivity contribution in [3.05, 3.63) is 41.7 Å². The summed E-state index contributed by atoms with van der Waals surface area (Å²) in [7, 11) is 0. The van der Waals surface area contributed by atoms with E-state index in [9.17, 15) is 8.78 Å². The summed E-state index contributed by atoms with van der Waals surface area (Å²) in [6, 6.07) is 4.63. The van der Waals surface area contributed by atoms with E-state index in [4.69, 9.17) is 10.3 Å². The molecule has 0 bridgehead atoms. The SMILES string of the molecule is NCc1cc(-c2cc(F)ccc2F)no1. The molecule has 2 N–H and O–H groups in total. The van der Waals surface area contributed by atoms with Gasteiger partial charge in [-0.1, -0.05) is 5.16 Å². The first kappa shape index (κ1) is 9.79. The van der Waals surface area contributed by atoms with E-state index in [0.717, 1.165) is 18.2 Å². The van der Waals surface area contributed by atoms with Crippen LogP contribution >= 0.6 is 0 Å². The largest absolute Gasteiger partial charge is 0.359 e. The number of benzene rings is 1. The van der Waals surface area contributed by atoms with Gasteiger partial charge in [-0.15, -0.1) is 0 Å². The van der Waals surface area contributed by atoms with Gasteiger partial charge in [0.2, 0.25) is 0 Å². The number of hydrogen-bond acceptors (Lipinski definition) is 3. The maximum absolute atomic E-state index is 13.3. The van der Waals surface area contributed by atoms with Crippen LogP contribution in [0.3, 0.4) is 0 Å². The van der Waals surface area contributed by atoms with E-state index < -0.39 is 11.6 Å². The second kappa shape index (κ2) is 3.78. The van der Waals surface area contributed by atoms with Crippen LogP contribution in [0.2, 0.25) is 0 Å². The second-order valence-corrected chi connectivity index (χ2v) is 3.01. The molecule has 0 aliphatic heterocycles. The van der Waals surface area contributed by atoms with Gasteiger partial charge in [-0.2, -0.15) is 0 Å². The van der Waals surface area contributed by atoms with Crippen LogP contribution in [0.4, 0.5) is 8.78 Å². The molecule has 0 saturated carbocycles. The summed E-state index contributed by atoms with van der Waals surface area (Å²) in [5.74, 6) is -0.648. The smallest absolute Gasteiger partial charge is 0.150 e. The lowest BCUT2D eigenvalue weighted by atomic mass is 10.1. The molecule has 0 aliphatic carbocycles. The lowest BCUT2D eigenvalue weighted by Gasteiger charge is -1.97. The van der Waals surface area contributed by atoms with Crippen LogP contribution in [0, 0.1) is 11.6 Å². The standard InChI is InChI=1S/C10H8F2N2O/c11-6-1-2-9(12)8(3-6)10-4-7(5-13)15-14-10/h1-4H,5,13H2. The van der Waals surface area contributed by atoms with Gasteiger partial charge < -0.3 is 10.3 Å². The number of aromatic nitrogens is 1. The van der Waals surface area contributed by atoms with E-state index >= 15 is 0 Å². The van der Waals surface area contributed by atoms with Crippen LogP contribution in [-0.2, 0) is 6.54 Å². The maximum atomic E-state index is 13.3. The van der Waals surface area contributed by atoms with Crippen molar-refractivity contribution < 1.29 is 13.3 Å². The third-order valence-electron chi connectivity index (χ3n) is 1.96. The molecule has 0 amide bonds. The molecule has 0 saturated heterocycles. The highest BCUT2D eigenvalue weighted by Gasteiger charge is 2.11. The molecule has 0 atom stereocenters. The van der Waals surface area contributed by atoms with Crippen LogP contribution in [0.1, 0.15) is 5.76 Å². The average Bonchev–Trinajstić information content (AvgIpc) is 2.70. The molecule has 0 aliphatic rings. The van der Waals surface area contributed by atoms with E-state index in [1.807, 2.05) is 0 Å². The molecular weight excluding hydrogens is 202 g/mol. The van der Waals surface area contributed by atoms with Crippen LogP contribution in [-0.4, -0.2) is 5.16 Å². The molecule has 1 aromatic carbocycles. The summed E-state index contributed by atoms with van der Waals surface area (Å²) < 4.78 is 31.0. The number of hydrogen-bond donors (Lipinski definition) is 1. The van der Waals surface area contributed by atoms with Gasteiger partial charge in [-0.05, 0) is 18.2 Å². The zero-order chi connectivity index (χ0) is 10.8. The second-order valence-electron chi connectivity index (χ2n) is 3.01. The van der Waals surface area contributed by atoms with Gasteiger partial charge in [-0.3, -0.25) is 0 Å². The van der Waals surface area contributed by atoms with Crippen molar-refractivity contribution in [1.29, 1.82) is 0 Å². The average molecular weight is 210 g/mol. The van der Waals surface area contributed by atoms with Crippen LogP contribution in [0.25, 0.3) is 11.3 Å². The molecule has 5 heteroatoms. The summed E-state index contributed by atoms with van der Waals surface area (Å²) in [5, 5.41) is 3.60. The van der Waals surface area contributed by atoms with Crippen LogP contribution < -0.4 is 5.73 Å². The van der Waals surface area contributed by atoms with E-state index in [1.165, 1.54) is 6.07 Å². The number of nitrogens with zero attached hydrogens (tertiary/aromatic N) is 1. The van der Waals surface area contributed by atoms with Crippen molar-refractivity contribution in [3.8, 4) is 11.3 Å². The third-order valence-corrected chi connectivity index (χ3v) is 1.96. The topological polar surface area (TPSA) is 52.0 Å². The summed E-state index contributed by atoms with van der Waals surface area (Å²) in [6.07, 6.45) is 0. The number of halogens is 2. The highest BCUT2D eigenvalue weighted by molar-refractivity contribution is 5.59. The zero-order valence-electron chi connectivity index (χ0n) is 7.71. The molecule has 15 heavy (non-hydrogen) atoms. The minimum absolute atomic E-state index is 0.0680. The summed E-state index contributed by atoms with van der Waals surface area (Å²) in [5.41, 5.74) is 5.62. The Morgan fingerprint density at radius 3 is 2.73 bits per heavy atom. The first-order chi connectivity index (χ1) is 7.20. The Morgan fingerprint density at radius 1 is 1.27 bits per heavy atom. The van der Waals surface area contributed by atoms with E-state index in [0.29, 0.717) is 5.76 Å². The Kier molecular flexibility index (Phi) is 2.47. The van der Waals surface area contributed by atoms with Crippen molar-refractivity contribution in [2.75, 3.05) is 0 Å². The molecule has 0 unspecified atom stereocenters. The van der Waals surface area contributed by atoms with Crippen molar-refractivity contribution in [2.45, 2.75) is 6.54 Å². The molecular formula is C10H8F2N2O. The van der Waals surface area contributed by atoms with Gasteiger partial charge in [0, 0.05) is 11.6 Å². The summed E-state index contributed by atoms with van der Waals surface area (Å²) >= 11 is 0. The zero-order valence-corrected chi connectivity index (χ0v) is 7.71. The van der Waals surface area contributed by atoms with Gasteiger partial charge in [0.1, 0.15) is 17.3 Å². The Labute approximate surface area is 84.5 Å². The Morgan fingerprint density at radius 2 is 2.07 bits per heavy atom. The molecule has 2 rings (SSSR count). The fourth-order valence-corrected chi connectivity index (χ4v) is 1.23. The Hall–Kier alpha value is -1.75. The first-order valence-electron chi connectivity index (χ1n) is 4.32. The van der Waals surface area contributed by atoms with Gasteiger partial charge in [0.25, 0.3) is 0 Å². The summed E-state index contributed by atoms with van der Waals surface area (Å²) in [6.45, 7) is 0.171. The lowest BCUT2D eigenvalue weighted by molar-refractivity contribution is 0.386. The maximum Gasteiger partial charge on any atom is 0.150 e. The van der Waals surface area contributed by atoms with Gasteiger partial charge in [0.05, 0.1) is 6.54 Å². The van der Waals surface area contributed by atoms with E-state index in [1.54, 1.807) is 0 Å². The predicted octanol–water partition coefficient (Wildman–Crippen LogP) is 2.08. The highest BCUT2D eigenvalue weighted by atomic mass is 19.1. The fourth-order valence-electron chi connectivity index (χ4n) is 1.23. The van der Waals surface area contributed by atoms with E-state index in [-0.39, 0.29) is 17.8 Å². The van der Waals surface area contributed by atoms with Crippen molar-refractivity contribution in [3.63, 3.8) is 0 Å². The molecule has 0 fully saturated rings. The molecule has 2 aromatic rings. The fraction of sp³-hybridized carbons (Fsp3) is 0.100. The van der Waals surface area contributed by atoms with Crippen molar-refractivity contribution >= 4 is 0 Å². The molecule has 78 valence electrons. The van der Waals surface area contributed by atoms with Gasteiger partial charge >= 0.3 is 0 Å². The Balaban J connectivity index is 2.48. The molecule has 3 nitrogen and oxygen atoms in total. The normalized spacial score (nSPS) is 10.6. The van der Waals surface area contributed by atoms with Crippen molar-refractivity contribution in [1.82, 2.24) is 5.16 Å². The third kappa shape index (κ3) is 1.87. The van der Waals surface area contributed by atoms with Crippen molar-refractivity contribution in [2.24, 2.45) is 5.73 Å². The molecule has 1 heterocycles. The Bertz CT molecular complexity index is 482. The lowest BCUT2D eigenvalue weighted by Crippen LogP contribution is -1.92. The van der Waals surface area contributed by atoms with Gasteiger partial charge in [0.15, 0.2) is 5.76 Å².